The Kier molecular flexibility index (Phi) is 3.94. The summed E-state index contributed by atoms with van der Waals surface area (Å²) in [7, 11) is 0. The number of hydrogen-bond acceptors (Lipinski definition) is 5. The SMILES string of the molecule is CCNC(C)c1nnc(Nc2ccc(C)cc2)o1. The van der Waals surface area contributed by atoms with Gasteiger partial charge in [0.2, 0.25) is 5.89 Å². The quantitative estimate of drug-likeness (QED) is 0.849. The summed E-state index contributed by atoms with van der Waals surface area (Å²) in [6.07, 6.45) is 0. The molecule has 2 N–H and O–H groups in total. The van der Waals surface area contributed by atoms with E-state index >= 15 is 0 Å². The number of aromatic nitrogens is 2. The normalized spacial score (nSPS) is 12.4. The van der Waals surface area contributed by atoms with Crippen molar-refractivity contribution >= 4 is 11.7 Å². The molecule has 0 amide bonds. The molecule has 0 aliphatic carbocycles. The first kappa shape index (κ1) is 12.6. The molecule has 2 rings (SSSR count). The van der Waals surface area contributed by atoms with E-state index in [1.54, 1.807) is 0 Å². The van der Waals surface area contributed by atoms with Gasteiger partial charge in [0.15, 0.2) is 0 Å². The number of aryl methyl sites for hydroxylation is 1. The van der Waals surface area contributed by atoms with Gasteiger partial charge in [-0.1, -0.05) is 29.7 Å². The molecule has 1 atom stereocenters. The van der Waals surface area contributed by atoms with E-state index in [1.807, 2.05) is 45.0 Å². The fraction of sp³-hybridized carbons (Fsp3) is 0.385. The van der Waals surface area contributed by atoms with Crippen molar-refractivity contribution in [1.82, 2.24) is 15.5 Å². The third kappa shape index (κ3) is 3.07. The number of hydrogen-bond donors (Lipinski definition) is 2. The largest absolute Gasteiger partial charge is 0.406 e. The van der Waals surface area contributed by atoms with Gasteiger partial charge in [-0.25, -0.2) is 0 Å². The molecule has 1 aromatic carbocycles. The smallest absolute Gasteiger partial charge is 0.320 e. The van der Waals surface area contributed by atoms with Crippen molar-refractivity contribution in [2.24, 2.45) is 0 Å². The molecule has 5 heteroatoms. The molecule has 1 unspecified atom stereocenters. The minimum Gasteiger partial charge on any atom is -0.406 e. The highest BCUT2D eigenvalue weighted by Gasteiger charge is 2.12. The Hall–Kier alpha value is -1.88. The van der Waals surface area contributed by atoms with Gasteiger partial charge in [-0.3, -0.25) is 0 Å². The van der Waals surface area contributed by atoms with Gasteiger partial charge < -0.3 is 15.1 Å². The van der Waals surface area contributed by atoms with Gasteiger partial charge in [0.1, 0.15) is 0 Å². The molecule has 0 aliphatic rings. The van der Waals surface area contributed by atoms with Crippen LogP contribution in [0.15, 0.2) is 28.7 Å². The van der Waals surface area contributed by atoms with Crippen LogP contribution in [0.25, 0.3) is 0 Å². The molecule has 0 radical (unpaired) electrons. The second kappa shape index (κ2) is 5.64. The molecule has 0 saturated heterocycles. The zero-order chi connectivity index (χ0) is 13.0. The second-order valence-corrected chi connectivity index (χ2v) is 4.22. The van der Waals surface area contributed by atoms with Gasteiger partial charge in [-0.15, -0.1) is 5.10 Å². The van der Waals surface area contributed by atoms with Crippen LogP contribution in [0.1, 0.15) is 31.3 Å². The van der Waals surface area contributed by atoms with E-state index in [2.05, 4.69) is 20.8 Å². The lowest BCUT2D eigenvalue weighted by Gasteiger charge is -2.06. The highest BCUT2D eigenvalue weighted by atomic mass is 16.4. The number of nitrogens with one attached hydrogen (secondary N) is 2. The van der Waals surface area contributed by atoms with E-state index in [9.17, 15) is 0 Å². The molecule has 0 fully saturated rings. The predicted molar refractivity (Wildman–Crippen MR) is 70.9 cm³/mol. The first-order valence-electron chi connectivity index (χ1n) is 6.09. The lowest BCUT2D eigenvalue weighted by atomic mass is 10.2. The van der Waals surface area contributed by atoms with Crippen LogP contribution >= 0.6 is 0 Å². The Morgan fingerprint density at radius 3 is 2.61 bits per heavy atom. The monoisotopic (exact) mass is 246 g/mol. The molecule has 18 heavy (non-hydrogen) atoms. The minimum absolute atomic E-state index is 0.0658. The number of nitrogens with zero attached hydrogens (tertiary/aromatic N) is 2. The molecular formula is C13H18N4O. The highest BCUT2D eigenvalue weighted by molar-refractivity contribution is 5.52. The maximum Gasteiger partial charge on any atom is 0.320 e. The average Bonchev–Trinajstić information content (AvgIpc) is 2.81. The third-order valence-corrected chi connectivity index (χ3v) is 2.62. The number of benzene rings is 1. The molecule has 96 valence electrons. The zero-order valence-electron chi connectivity index (χ0n) is 10.9. The Balaban J connectivity index is 2.04. The van der Waals surface area contributed by atoms with Gasteiger partial charge >= 0.3 is 6.01 Å². The van der Waals surface area contributed by atoms with Crippen LogP contribution in [-0.4, -0.2) is 16.7 Å². The molecule has 0 aliphatic heterocycles. The van der Waals surface area contributed by atoms with Gasteiger partial charge in [0.05, 0.1) is 6.04 Å². The van der Waals surface area contributed by atoms with Gasteiger partial charge in [0.25, 0.3) is 0 Å². The standard InChI is InChI=1S/C13H18N4O/c1-4-14-10(3)12-16-17-13(18-12)15-11-7-5-9(2)6-8-11/h5-8,10,14H,4H2,1-3H3,(H,15,17). The average molecular weight is 246 g/mol. The molecule has 0 spiro atoms. The van der Waals surface area contributed by atoms with Crippen LogP contribution in [0.2, 0.25) is 0 Å². The lowest BCUT2D eigenvalue weighted by molar-refractivity contribution is 0.430. The van der Waals surface area contributed by atoms with E-state index < -0.39 is 0 Å². The van der Waals surface area contributed by atoms with Crippen LogP contribution in [0.4, 0.5) is 11.7 Å². The Labute approximate surface area is 107 Å². The van der Waals surface area contributed by atoms with Crippen molar-refractivity contribution in [3.8, 4) is 0 Å². The summed E-state index contributed by atoms with van der Waals surface area (Å²) in [5.41, 5.74) is 2.15. The summed E-state index contributed by atoms with van der Waals surface area (Å²) in [5.74, 6) is 0.589. The summed E-state index contributed by atoms with van der Waals surface area (Å²) >= 11 is 0. The van der Waals surface area contributed by atoms with E-state index in [-0.39, 0.29) is 6.04 Å². The summed E-state index contributed by atoms with van der Waals surface area (Å²) in [5, 5.41) is 14.3. The fourth-order valence-electron chi connectivity index (χ4n) is 1.61. The Bertz CT molecular complexity index is 492. The molecule has 1 heterocycles. The Morgan fingerprint density at radius 2 is 1.94 bits per heavy atom. The lowest BCUT2D eigenvalue weighted by Crippen LogP contribution is -2.17. The fourth-order valence-corrected chi connectivity index (χ4v) is 1.61. The summed E-state index contributed by atoms with van der Waals surface area (Å²) in [6.45, 7) is 6.95. The number of rotatable bonds is 5. The van der Waals surface area contributed by atoms with E-state index in [4.69, 9.17) is 4.42 Å². The first-order valence-corrected chi connectivity index (χ1v) is 6.09. The zero-order valence-corrected chi connectivity index (χ0v) is 10.9. The van der Waals surface area contributed by atoms with Crippen LogP contribution in [-0.2, 0) is 0 Å². The topological polar surface area (TPSA) is 63.0 Å². The van der Waals surface area contributed by atoms with Crippen LogP contribution in [0.5, 0.6) is 0 Å². The maximum absolute atomic E-state index is 5.54. The molecule has 5 nitrogen and oxygen atoms in total. The van der Waals surface area contributed by atoms with Crippen LogP contribution in [0, 0.1) is 6.92 Å². The van der Waals surface area contributed by atoms with E-state index in [0.29, 0.717) is 11.9 Å². The van der Waals surface area contributed by atoms with Crippen molar-refractivity contribution < 1.29 is 4.42 Å². The van der Waals surface area contributed by atoms with Gasteiger partial charge in [0, 0.05) is 5.69 Å². The Morgan fingerprint density at radius 1 is 1.22 bits per heavy atom. The molecule has 1 aromatic heterocycles. The van der Waals surface area contributed by atoms with Gasteiger partial charge in [-0.2, -0.15) is 0 Å². The van der Waals surface area contributed by atoms with Crippen molar-refractivity contribution in [3.63, 3.8) is 0 Å². The molecule has 0 bridgehead atoms. The second-order valence-electron chi connectivity index (χ2n) is 4.22. The molecule has 0 saturated carbocycles. The molecule has 2 aromatic rings. The van der Waals surface area contributed by atoms with Crippen LogP contribution in [0.3, 0.4) is 0 Å². The summed E-state index contributed by atoms with van der Waals surface area (Å²) in [6, 6.07) is 8.50. The van der Waals surface area contributed by atoms with E-state index in [1.165, 1.54) is 5.56 Å². The third-order valence-electron chi connectivity index (χ3n) is 2.62. The van der Waals surface area contributed by atoms with E-state index in [0.717, 1.165) is 12.2 Å². The molecular weight excluding hydrogens is 228 g/mol. The number of anilines is 2. The maximum atomic E-state index is 5.54. The van der Waals surface area contributed by atoms with Gasteiger partial charge in [-0.05, 0) is 32.5 Å². The van der Waals surface area contributed by atoms with Crippen molar-refractivity contribution in [2.75, 3.05) is 11.9 Å². The highest BCUT2D eigenvalue weighted by Crippen LogP contribution is 2.18. The summed E-state index contributed by atoms with van der Waals surface area (Å²) < 4.78 is 5.54. The summed E-state index contributed by atoms with van der Waals surface area (Å²) in [4.78, 5) is 0. The predicted octanol–water partition coefficient (Wildman–Crippen LogP) is 2.79. The minimum atomic E-state index is 0.0658. The van der Waals surface area contributed by atoms with Crippen molar-refractivity contribution in [3.05, 3.63) is 35.7 Å². The first-order chi connectivity index (χ1) is 8.69. The van der Waals surface area contributed by atoms with Crippen molar-refractivity contribution in [1.29, 1.82) is 0 Å². The van der Waals surface area contributed by atoms with Crippen LogP contribution < -0.4 is 10.6 Å². The van der Waals surface area contributed by atoms with Crippen molar-refractivity contribution in [2.45, 2.75) is 26.8 Å².